The molecule has 2 aromatic rings. The minimum atomic E-state index is -0.242. The fourth-order valence-electron chi connectivity index (χ4n) is 1.88. The second kappa shape index (κ2) is 6.24. The molecule has 1 aromatic heterocycles. The molecule has 110 valence electrons. The number of para-hydroxylation sites is 2. The molecule has 1 heterocycles. The van der Waals surface area contributed by atoms with Crippen molar-refractivity contribution < 1.29 is 9.53 Å². The summed E-state index contributed by atoms with van der Waals surface area (Å²) < 4.78 is 5.77. The molecule has 0 spiro atoms. The number of nitrogens with one attached hydrogen (secondary N) is 1. The van der Waals surface area contributed by atoms with Crippen molar-refractivity contribution in [2.45, 2.75) is 19.4 Å². The fourth-order valence-corrected chi connectivity index (χ4v) is 2.54. The molecule has 6 heteroatoms. The van der Waals surface area contributed by atoms with Gasteiger partial charge in [-0.2, -0.15) is 0 Å². The van der Waals surface area contributed by atoms with Gasteiger partial charge in [-0.1, -0.05) is 12.1 Å². The van der Waals surface area contributed by atoms with E-state index in [1.54, 1.807) is 5.38 Å². The SMILES string of the molecule is NCc1nc(C(=O)Nc2ccccc2OCC2CC2)cs1. The van der Waals surface area contributed by atoms with Gasteiger partial charge in [0.05, 0.1) is 12.3 Å². The van der Waals surface area contributed by atoms with E-state index in [1.807, 2.05) is 24.3 Å². The number of carbonyl (C=O) groups is 1. The number of anilines is 1. The minimum Gasteiger partial charge on any atom is -0.491 e. The molecule has 0 unspecified atom stereocenters. The highest BCUT2D eigenvalue weighted by molar-refractivity contribution is 7.09. The van der Waals surface area contributed by atoms with Crippen LogP contribution in [-0.4, -0.2) is 17.5 Å². The standard InChI is InChI=1S/C15H17N3O2S/c16-7-14-17-12(9-21-14)15(19)18-11-3-1-2-4-13(11)20-8-10-5-6-10/h1-4,9-10H,5-8,16H2,(H,18,19). The van der Waals surface area contributed by atoms with Crippen LogP contribution in [0, 0.1) is 5.92 Å². The minimum absolute atomic E-state index is 0.242. The molecule has 1 aliphatic carbocycles. The van der Waals surface area contributed by atoms with E-state index in [2.05, 4.69) is 10.3 Å². The summed E-state index contributed by atoms with van der Waals surface area (Å²) in [7, 11) is 0. The van der Waals surface area contributed by atoms with Crippen LogP contribution >= 0.6 is 11.3 Å². The maximum atomic E-state index is 12.2. The van der Waals surface area contributed by atoms with Crippen molar-refractivity contribution in [3.05, 3.63) is 40.3 Å². The molecule has 1 aromatic carbocycles. The van der Waals surface area contributed by atoms with Crippen molar-refractivity contribution in [3.63, 3.8) is 0 Å². The molecule has 1 amide bonds. The zero-order chi connectivity index (χ0) is 14.7. The summed E-state index contributed by atoms with van der Waals surface area (Å²) >= 11 is 1.39. The first-order valence-corrected chi connectivity index (χ1v) is 7.82. The number of benzene rings is 1. The van der Waals surface area contributed by atoms with Crippen molar-refractivity contribution in [3.8, 4) is 5.75 Å². The first kappa shape index (κ1) is 14.0. The Morgan fingerprint density at radius 2 is 2.24 bits per heavy atom. The predicted octanol–water partition coefficient (Wildman–Crippen LogP) is 2.64. The van der Waals surface area contributed by atoms with Gasteiger partial charge in [0.25, 0.3) is 5.91 Å². The Hall–Kier alpha value is -1.92. The number of nitrogens with two attached hydrogens (primary N) is 1. The quantitative estimate of drug-likeness (QED) is 0.860. The molecule has 0 saturated heterocycles. The van der Waals surface area contributed by atoms with Crippen LogP contribution in [-0.2, 0) is 6.54 Å². The van der Waals surface area contributed by atoms with Crippen LogP contribution in [0.1, 0.15) is 28.3 Å². The number of hydrogen-bond donors (Lipinski definition) is 2. The van der Waals surface area contributed by atoms with Gasteiger partial charge in [-0.15, -0.1) is 11.3 Å². The zero-order valence-corrected chi connectivity index (χ0v) is 12.4. The van der Waals surface area contributed by atoms with Gasteiger partial charge in [-0.25, -0.2) is 4.98 Å². The summed E-state index contributed by atoms with van der Waals surface area (Å²) in [6.07, 6.45) is 2.46. The van der Waals surface area contributed by atoms with Gasteiger partial charge in [-0.3, -0.25) is 4.79 Å². The summed E-state index contributed by atoms with van der Waals surface area (Å²) in [6, 6.07) is 7.46. The monoisotopic (exact) mass is 303 g/mol. The average molecular weight is 303 g/mol. The van der Waals surface area contributed by atoms with Crippen molar-refractivity contribution in [2.24, 2.45) is 11.7 Å². The van der Waals surface area contributed by atoms with Gasteiger partial charge in [0, 0.05) is 11.9 Å². The lowest BCUT2D eigenvalue weighted by molar-refractivity contribution is 0.102. The Bertz CT molecular complexity index is 637. The van der Waals surface area contributed by atoms with Gasteiger partial charge < -0.3 is 15.8 Å². The summed E-state index contributed by atoms with van der Waals surface area (Å²) in [5.74, 6) is 1.12. The van der Waals surface area contributed by atoms with Crippen LogP contribution in [0.25, 0.3) is 0 Å². The molecule has 1 aliphatic rings. The van der Waals surface area contributed by atoms with Crippen molar-refractivity contribution in [2.75, 3.05) is 11.9 Å². The third kappa shape index (κ3) is 3.59. The van der Waals surface area contributed by atoms with Gasteiger partial charge >= 0.3 is 0 Å². The molecular weight excluding hydrogens is 286 g/mol. The Morgan fingerprint density at radius 3 is 2.95 bits per heavy atom. The maximum Gasteiger partial charge on any atom is 0.275 e. The van der Waals surface area contributed by atoms with E-state index in [0.717, 1.165) is 5.01 Å². The third-order valence-corrected chi connectivity index (χ3v) is 4.14. The number of ether oxygens (including phenoxy) is 1. The number of rotatable bonds is 6. The lowest BCUT2D eigenvalue weighted by atomic mass is 10.3. The molecular formula is C15H17N3O2S. The predicted molar refractivity (Wildman–Crippen MR) is 82.6 cm³/mol. The number of amides is 1. The molecule has 1 saturated carbocycles. The van der Waals surface area contributed by atoms with Crippen LogP contribution in [0.5, 0.6) is 5.75 Å². The maximum absolute atomic E-state index is 12.2. The van der Waals surface area contributed by atoms with Crippen molar-refractivity contribution >= 4 is 22.9 Å². The van der Waals surface area contributed by atoms with Gasteiger partial charge in [0.2, 0.25) is 0 Å². The number of thiazole rings is 1. The highest BCUT2D eigenvalue weighted by atomic mass is 32.1. The second-order valence-corrected chi connectivity index (χ2v) is 5.98. The van der Waals surface area contributed by atoms with Crippen LogP contribution in [0.4, 0.5) is 5.69 Å². The second-order valence-electron chi connectivity index (χ2n) is 5.04. The fraction of sp³-hybridized carbons (Fsp3) is 0.333. The van der Waals surface area contributed by atoms with Crippen LogP contribution in [0.3, 0.4) is 0 Å². The zero-order valence-electron chi connectivity index (χ0n) is 11.5. The molecule has 1 fully saturated rings. The van der Waals surface area contributed by atoms with Crippen LogP contribution in [0.2, 0.25) is 0 Å². The molecule has 3 N–H and O–H groups in total. The van der Waals surface area contributed by atoms with Gasteiger partial charge in [-0.05, 0) is 30.9 Å². The summed E-state index contributed by atoms with van der Waals surface area (Å²) in [5, 5.41) is 5.31. The number of nitrogens with zero attached hydrogens (tertiary/aromatic N) is 1. The van der Waals surface area contributed by atoms with Crippen LogP contribution < -0.4 is 15.8 Å². The topological polar surface area (TPSA) is 77.2 Å². The van der Waals surface area contributed by atoms with Gasteiger partial charge in [0.15, 0.2) is 0 Å². The third-order valence-electron chi connectivity index (χ3n) is 3.27. The lowest BCUT2D eigenvalue weighted by Crippen LogP contribution is -2.14. The molecule has 21 heavy (non-hydrogen) atoms. The number of hydrogen-bond acceptors (Lipinski definition) is 5. The molecule has 5 nitrogen and oxygen atoms in total. The van der Waals surface area contributed by atoms with E-state index >= 15 is 0 Å². The molecule has 0 bridgehead atoms. The average Bonchev–Trinajstić information content (AvgIpc) is 3.21. The Morgan fingerprint density at radius 1 is 1.43 bits per heavy atom. The summed E-state index contributed by atoms with van der Waals surface area (Å²) in [6.45, 7) is 1.06. The summed E-state index contributed by atoms with van der Waals surface area (Å²) in [5.41, 5.74) is 6.57. The molecule has 0 radical (unpaired) electrons. The molecule has 0 atom stereocenters. The smallest absolute Gasteiger partial charge is 0.275 e. The lowest BCUT2D eigenvalue weighted by Gasteiger charge is -2.11. The van der Waals surface area contributed by atoms with E-state index in [-0.39, 0.29) is 5.91 Å². The van der Waals surface area contributed by atoms with Crippen LogP contribution in [0.15, 0.2) is 29.6 Å². The molecule has 0 aliphatic heterocycles. The first-order valence-electron chi connectivity index (χ1n) is 6.94. The van der Waals surface area contributed by atoms with Gasteiger partial charge in [0.1, 0.15) is 16.5 Å². The first-order chi connectivity index (χ1) is 10.3. The van der Waals surface area contributed by atoms with Crippen molar-refractivity contribution in [1.29, 1.82) is 0 Å². The van der Waals surface area contributed by atoms with E-state index in [0.29, 0.717) is 36.2 Å². The highest BCUT2D eigenvalue weighted by Crippen LogP contribution is 2.31. The van der Waals surface area contributed by atoms with E-state index in [4.69, 9.17) is 10.5 Å². The Kier molecular flexibility index (Phi) is 4.17. The van der Waals surface area contributed by atoms with Crippen molar-refractivity contribution in [1.82, 2.24) is 4.98 Å². The Labute approximate surface area is 127 Å². The van der Waals surface area contributed by atoms with E-state index in [1.165, 1.54) is 24.2 Å². The largest absolute Gasteiger partial charge is 0.491 e. The molecule has 3 rings (SSSR count). The van der Waals surface area contributed by atoms with E-state index in [9.17, 15) is 4.79 Å². The summed E-state index contributed by atoms with van der Waals surface area (Å²) in [4.78, 5) is 16.4. The normalized spacial score (nSPS) is 14.0. The van der Waals surface area contributed by atoms with E-state index < -0.39 is 0 Å². The Balaban J connectivity index is 1.69. The number of aromatic nitrogens is 1. The number of carbonyl (C=O) groups excluding carboxylic acids is 1. The highest BCUT2D eigenvalue weighted by Gasteiger charge is 2.22.